The summed E-state index contributed by atoms with van der Waals surface area (Å²) in [5.74, 6) is 2.07. The molecule has 1 amide bonds. The monoisotopic (exact) mass is 283 g/mol. The number of nitrogens with one attached hydrogen (secondary N) is 1. The number of anilines is 1. The molecule has 0 aromatic carbocycles. The standard InChI is InChI=1S/C15H17N5O/c1-3-11-8-13(18-9(2)17-11)20-15(21)12-6-7-16-14(19-12)10-4-5-10/h6-8,10H,3-5H2,1-2H3,(H,17,18,20,21). The Morgan fingerprint density at radius 1 is 1.33 bits per heavy atom. The molecule has 0 saturated heterocycles. The first kappa shape index (κ1) is 13.6. The van der Waals surface area contributed by atoms with E-state index in [0.29, 0.717) is 23.3 Å². The summed E-state index contributed by atoms with van der Waals surface area (Å²) in [5, 5.41) is 2.78. The molecular weight excluding hydrogens is 266 g/mol. The molecule has 0 atom stereocenters. The van der Waals surface area contributed by atoms with E-state index in [9.17, 15) is 4.79 Å². The summed E-state index contributed by atoms with van der Waals surface area (Å²) in [6, 6.07) is 3.41. The highest BCUT2D eigenvalue weighted by molar-refractivity contribution is 6.02. The second kappa shape index (κ2) is 5.55. The van der Waals surface area contributed by atoms with E-state index < -0.39 is 0 Å². The first-order valence-electron chi connectivity index (χ1n) is 7.14. The molecule has 2 aromatic heterocycles. The Morgan fingerprint density at radius 2 is 2.14 bits per heavy atom. The topological polar surface area (TPSA) is 80.7 Å². The van der Waals surface area contributed by atoms with Gasteiger partial charge in [0, 0.05) is 23.9 Å². The summed E-state index contributed by atoms with van der Waals surface area (Å²) >= 11 is 0. The molecule has 0 unspecified atom stereocenters. The smallest absolute Gasteiger partial charge is 0.275 e. The van der Waals surface area contributed by atoms with Crippen molar-refractivity contribution in [2.75, 3.05) is 5.32 Å². The van der Waals surface area contributed by atoms with Crippen molar-refractivity contribution in [3.63, 3.8) is 0 Å². The number of nitrogens with zero attached hydrogens (tertiary/aromatic N) is 4. The second-order valence-corrected chi connectivity index (χ2v) is 5.17. The normalized spacial score (nSPS) is 14.0. The van der Waals surface area contributed by atoms with Crippen molar-refractivity contribution in [1.82, 2.24) is 19.9 Å². The molecule has 6 heteroatoms. The maximum Gasteiger partial charge on any atom is 0.275 e. The molecule has 1 aliphatic carbocycles. The van der Waals surface area contributed by atoms with Crippen LogP contribution in [-0.4, -0.2) is 25.8 Å². The van der Waals surface area contributed by atoms with E-state index in [4.69, 9.17) is 0 Å². The van der Waals surface area contributed by atoms with Crippen molar-refractivity contribution in [2.24, 2.45) is 0 Å². The first-order valence-corrected chi connectivity index (χ1v) is 7.14. The SMILES string of the molecule is CCc1cc(NC(=O)c2ccnc(C3CC3)n2)nc(C)n1. The number of rotatable bonds is 4. The largest absolute Gasteiger partial charge is 0.305 e. The van der Waals surface area contributed by atoms with Crippen molar-refractivity contribution >= 4 is 11.7 Å². The van der Waals surface area contributed by atoms with Crippen LogP contribution in [0.5, 0.6) is 0 Å². The number of aromatic nitrogens is 4. The van der Waals surface area contributed by atoms with E-state index in [1.54, 1.807) is 18.3 Å². The van der Waals surface area contributed by atoms with Crippen LogP contribution >= 0.6 is 0 Å². The van der Waals surface area contributed by atoms with Crippen LogP contribution in [0.2, 0.25) is 0 Å². The Kier molecular flexibility index (Phi) is 3.60. The zero-order valence-corrected chi connectivity index (χ0v) is 12.1. The zero-order valence-electron chi connectivity index (χ0n) is 12.1. The average Bonchev–Trinajstić information content (AvgIpc) is 3.31. The van der Waals surface area contributed by atoms with Gasteiger partial charge in [-0.05, 0) is 32.3 Å². The maximum absolute atomic E-state index is 12.3. The molecule has 21 heavy (non-hydrogen) atoms. The van der Waals surface area contributed by atoms with Crippen molar-refractivity contribution < 1.29 is 4.79 Å². The van der Waals surface area contributed by atoms with Crippen molar-refractivity contribution in [1.29, 1.82) is 0 Å². The van der Waals surface area contributed by atoms with Gasteiger partial charge in [-0.3, -0.25) is 4.79 Å². The van der Waals surface area contributed by atoms with Gasteiger partial charge in [0.2, 0.25) is 0 Å². The van der Waals surface area contributed by atoms with E-state index in [1.807, 2.05) is 13.8 Å². The molecule has 1 N–H and O–H groups in total. The molecule has 2 heterocycles. The second-order valence-electron chi connectivity index (χ2n) is 5.17. The number of carbonyl (C=O) groups is 1. The van der Waals surface area contributed by atoms with Crippen LogP contribution in [0.15, 0.2) is 18.3 Å². The van der Waals surface area contributed by atoms with Crippen LogP contribution in [0.25, 0.3) is 0 Å². The first-order chi connectivity index (χ1) is 10.2. The van der Waals surface area contributed by atoms with Crippen LogP contribution in [0.1, 0.15) is 53.5 Å². The fraction of sp³-hybridized carbons (Fsp3) is 0.400. The van der Waals surface area contributed by atoms with Crippen LogP contribution in [0, 0.1) is 6.92 Å². The lowest BCUT2D eigenvalue weighted by Crippen LogP contribution is -2.16. The Labute approximate surface area is 123 Å². The van der Waals surface area contributed by atoms with Crippen LogP contribution in [0.3, 0.4) is 0 Å². The highest BCUT2D eigenvalue weighted by Gasteiger charge is 2.27. The number of amides is 1. The molecule has 6 nitrogen and oxygen atoms in total. The summed E-state index contributed by atoms with van der Waals surface area (Å²) in [6.07, 6.45) is 4.65. The molecule has 1 saturated carbocycles. The van der Waals surface area contributed by atoms with E-state index in [2.05, 4.69) is 25.3 Å². The minimum absolute atomic E-state index is 0.264. The molecule has 2 aromatic rings. The van der Waals surface area contributed by atoms with Crippen molar-refractivity contribution in [3.8, 4) is 0 Å². The van der Waals surface area contributed by atoms with Crippen LogP contribution in [0.4, 0.5) is 5.82 Å². The van der Waals surface area contributed by atoms with Gasteiger partial charge in [0.1, 0.15) is 23.2 Å². The Hall–Kier alpha value is -2.37. The lowest BCUT2D eigenvalue weighted by atomic mass is 10.3. The van der Waals surface area contributed by atoms with Gasteiger partial charge in [0.05, 0.1) is 0 Å². The lowest BCUT2D eigenvalue weighted by molar-refractivity contribution is 0.102. The van der Waals surface area contributed by atoms with Gasteiger partial charge in [0.15, 0.2) is 0 Å². The predicted molar refractivity (Wildman–Crippen MR) is 78.1 cm³/mol. The van der Waals surface area contributed by atoms with Gasteiger partial charge in [-0.2, -0.15) is 0 Å². The minimum Gasteiger partial charge on any atom is -0.305 e. The fourth-order valence-electron chi connectivity index (χ4n) is 2.09. The van der Waals surface area contributed by atoms with Gasteiger partial charge in [-0.15, -0.1) is 0 Å². The van der Waals surface area contributed by atoms with Crippen LogP contribution in [-0.2, 0) is 6.42 Å². The van der Waals surface area contributed by atoms with Gasteiger partial charge < -0.3 is 5.32 Å². The molecule has 1 aliphatic rings. The van der Waals surface area contributed by atoms with E-state index >= 15 is 0 Å². The number of aryl methyl sites for hydroxylation is 2. The summed E-state index contributed by atoms with van der Waals surface area (Å²) in [5.41, 5.74) is 1.28. The van der Waals surface area contributed by atoms with Crippen LogP contribution < -0.4 is 5.32 Å². The fourth-order valence-corrected chi connectivity index (χ4v) is 2.09. The molecule has 1 fully saturated rings. The van der Waals surface area contributed by atoms with E-state index in [-0.39, 0.29) is 5.91 Å². The third-order valence-corrected chi connectivity index (χ3v) is 3.34. The Bertz CT molecular complexity index is 682. The summed E-state index contributed by atoms with van der Waals surface area (Å²) in [4.78, 5) is 29.3. The maximum atomic E-state index is 12.3. The van der Waals surface area contributed by atoms with Crippen molar-refractivity contribution in [2.45, 2.75) is 39.0 Å². The quantitative estimate of drug-likeness (QED) is 0.931. The van der Waals surface area contributed by atoms with Gasteiger partial charge in [-0.25, -0.2) is 19.9 Å². The summed E-state index contributed by atoms with van der Waals surface area (Å²) < 4.78 is 0. The molecule has 0 spiro atoms. The van der Waals surface area contributed by atoms with Gasteiger partial charge in [0.25, 0.3) is 5.91 Å². The molecule has 3 rings (SSSR count). The number of hydrogen-bond donors (Lipinski definition) is 1. The summed E-state index contributed by atoms with van der Waals surface area (Å²) in [7, 11) is 0. The van der Waals surface area contributed by atoms with Gasteiger partial charge in [-0.1, -0.05) is 6.92 Å². The van der Waals surface area contributed by atoms with E-state index in [1.165, 1.54) is 0 Å². The Balaban J connectivity index is 1.79. The molecule has 108 valence electrons. The number of hydrogen-bond acceptors (Lipinski definition) is 5. The van der Waals surface area contributed by atoms with Gasteiger partial charge >= 0.3 is 0 Å². The average molecular weight is 283 g/mol. The predicted octanol–water partition coefficient (Wildman–Crippen LogP) is 2.27. The minimum atomic E-state index is -0.264. The molecular formula is C15H17N5O. The highest BCUT2D eigenvalue weighted by Crippen LogP contribution is 2.37. The summed E-state index contributed by atoms with van der Waals surface area (Å²) in [6.45, 7) is 3.82. The third kappa shape index (κ3) is 3.21. The van der Waals surface area contributed by atoms with E-state index in [0.717, 1.165) is 30.8 Å². The molecule has 0 bridgehead atoms. The Morgan fingerprint density at radius 3 is 2.86 bits per heavy atom. The lowest BCUT2D eigenvalue weighted by Gasteiger charge is -2.07. The highest BCUT2D eigenvalue weighted by atomic mass is 16.1. The third-order valence-electron chi connectivity index (χ3n) is 3.34. The zero-order chi connectivity index (χ0) is 14.8. The molecule has 0 radical (unpaired) electrons. The number of carbonyl (C=O) groups excluding carboxylic acids is 1. The van der Waals surface area contributed by atoms with Crippen molar-refractivity contribution in [3.05, 3.63) is 41.4 Å². The molecule has 0 aliphatic heterocycles.